The number of aromatic nitrogens is 8. The average molecular weight is 1570 g/mol. The molecule has 2 aliphatic rings. The van der Waals surface area contributed by atoms with Crippen molar-refractivity contribution in [2.24, 2.45) is 0 Å². The lowest BCUT2D eigenvalue weighted by Crippen LogP contribution is -2.16. The topological polar surface area (TPSA) is 162 Å². The molecule has 0 fully saturated rings. The molecule has 2 aliphatic heterocycles. The predicted molar refractivity (Wildman–Crippen MR) is 509 cm³/mol. The van der Waals surface area contributed by atoms with Crippen molar-refractivity contribution in [1.29, 1.82) is 10.5 Å². The summed E-state index contributed by atoms with van der Waals surface area (Å²) in [5.41, 5.74) is 34.2. The molecule has 10 heteroatoms. The van der Waals surface area contributed by atoms with Crippen molar-refractivity contribution in [3.63, 3.8) is 0 Å². The lowest BCUT2D eigenvalue weighted by molar-refractivity contribution is 0.568. The SMILES string of the molecule is CC(C)(C)c1cc(-c2c3nc(c(-c4ccc(C#N)cc4)c4ccc([nH]4)c(-c4cc(C(C)(C)C)cc(C(C)(C)C)c4)c4cc5c6cc7[nH]c6c6c8nc(cc8c8cc2[nH]c8c6c5n4)c(-c2cc(C(C)(C)C)cc(C(C)(C)C)c2)c2ccc([nH]2)c(-c2ccc(C#N)cc2)c2nc(c7-c4cc(C(C)(C)C)cc(C(C)(C)C)c4)C=C2)C=C3)cc(C(C)(C)C)c1. The fraction of sp³-hybridized carbons (Fsp3) is 0.291. The summed E-state index contributed by atoms with van der Waals surface area (Å²) in [5, 5.41) is 26.5. The molecule has 120 heavy (non-hydrogen) atoms. The maximum atomic E-state index is 10.3. The van der Waals surface area contributed by atoms with Gasteiger partial charge in [0.1, 0.15) is 0 Å². The Hall–Kier alpha value is -12.5. The van der Waals surface area contributed by atoms with E-state index in [9.17, 15) is 10.5 Å². The number of nitrogens with zero attached hydrogens (tertiary/aromatic N) is 6. The molecule has 8 aromatic carbocycles. The van der Waals surface area contributed by atoms with Gasteiger partial charge in [-0.3, -0.25) is 0 Å². The third-order valence-electron chi connectivity index (χ3n) is 25.2. The highest BCUT2D eigenvalue weighted by Crippen LogP contribution is 2.52. The Balaban J connectivity index is 1.15. The number of aromatic amines is 4. The molecule has 0 saturated carbocycles. The molecule has 0 atom stereocenters. The van der Waals surface area contributed by atoms with Gasteiger partial charge in [0.25, 0.3) is 0 Å². The molecule has 4 N–H and O–H groups in total. The van der Waals surface area contributed by atoms with E-state index in [4.69, 9.17) is 19.9 Å². The van der Waals surface area contributed by atoms with Crippen LogP contribution in [0.1, 0.15) is 245 Å². The molecule has 0 radical (unpaired) electrons. The highest BCUT2D eigenvalue weighted by molar-refractivity contribution is 6.39. The molecule has 18 rings (SSSR count). The van der Waals surface area contributed by atoms with Gasteiger partial charge < -0.3 is 19.9 Å². The van der Waals surface area contributed by atoms with Gasteiger partial charge in [0.15, 0.2) is 0 Å². The first kappa shape index (κ1) is 78.7. The number of fused-ring (bicyclic) bond motifs is 14. The fourth-order valence-corrected chi connectivity index (χ4v) is 17.9. The monoisotopic (exact) mass is 1570 g/mol. The summed E-state index contributed by atoms with van der Waals surface area (Å²) in [6, 6.07) is 67.9. The average Bonchev–Trinajstić information content (AvgIpc) is 1.53. The number of benzene rings is 8. The Morgan fingerprint density at radius 1 is 0.233 bits per heavy atom. The first-order chi connectivity index (χ1) is 56.3. The van der Waals surface area contributed by atoms with E-state index < -0.39 is 0 Å². The first-order valence-electron chi connectivity index (χ1n) is 42.5. The first-order valence-corrected chi connectivity index (χ1v) is 42.5. The lowest BCUT2D eigenvalue weighted by atomic mass is 9.78. The highest BCUT2D eigenvalue weighted by Gasteiger charge is 2.33. The summed E-state index contributed by atoms with van der Waals surface area (Å²) < 4.78 is 0. The highest BCUT2D eigenvalue weighted by atomic mass is 14.8. The molecule has 10 heterocycles. The van der Waals surface area contributed by atoms with Gasteiger partial charge in [-0.1, -0.05) is 263 Å². The van der Waals surface area contributed by atoms with E-state index in [0.717, 1.165) is 188 Å². The van der Waals surface area contributed by atoms with Crippen LogP contribution in [0.25, 0.3) is 190 Å². The van der Waals surface area contributed by atoms with E-state index in [2.05, 4.69) is 368 Å². The minimum absolute atomic E-state index is 0.231. The summed E-state index contributed by atoms with van der Waals surface area (Å²) >= 11 is 0. The van der Waals surface area contributed by atoms with Gasteiger partial charge in [-0.05, 0) is 218 Å². The van der Waals surface area contributed by atoms with Crippen LogP contribution < -0.4 is 0 Å². The summed E-state index contributed by atoms with van der Waals surface area (Å²) in [5.74, 6) is 0. The van der Waals surface area contributed by atoms with E-state index >= 15 is 0 Å². The third-order valence-corrected chi connectivity index (χ3v) is 25.2. The number of hydrogen-bond donors (Lipinski definition) is 4. The Morgan fingerprint density at radius 3 is 0.725 bits per heavy atom. The van der Waals surface area contributed by atoms with Gasteiger partial charge in [0.05, 0.1) is 79.1 Å². The molecule has 0 spiro atoms. The molecule has 0 saturated heterocycles. The second kappa shape index (κ2) is 27.0. The van der Waals surface area contributed by atoms with E-state index in [1.54, 1.807) is 0 Å². The van der Waals surface area contributed by atoms with Gasteiger partial charge in [-0.2, -0.15) is 10.5 Å². The number of rotatable bonds is 6. The molecule has 0 aliphatic carbocycles. The summed E-state index contributed by atoms with van der Waals surface area (Å²) in [4.78, 5) is 41.6. The van der Waals surface area contributed by atoms with Gasteiger partial charge in [0, 0.05) is 98.8 Å². The van der Waals surface area contributed by atoms with Crippen molar-refractivity contribution in [2.75, 3.05) is 0 Å². The van der Waals surface area contributed by atoms with Gasteiger partial charge >= 0.3 is 0 Å². The van der Waals surface area contributed by atoms with Crippen molar-refractivity contribution in [2.45, 2.75) is 209 Å². The molecular weight excluding hydrogens is 1460 g/mol. The maximum Gasteiger partial charge on any atom is 0.0991 e. The minimum atomic E-state index is -0.231. The zero-order valence-corrected chi connectivity index (χ0v) is 74.2. The van der Waals surface area contributed by atoms with Crippen molar-refractivity contribution in [3.05, 3.63) is 248 Å². The summed E-state index contributed by atoms with van der Waals surface area (Å²) in [6.07, 6.45) is 8.77. The number of hydrogen-bond acceptors (Lipinski definition) is 6. The van der Waals surface area contributed by atoms with Gasteiger partial charge in [-0.15, -0.1) is 0 Å². The van der Waals surface area contributed by atoms with Crippen LogP contribution in [0.15, 0.2) is 170 Å². The van der Waals surface area contributed by atoms with Crippen LogP contribution in [0.3, 0.4) is 0 Å². The van der Waals surface area contributed by atoms with E-state index in [1.807, 2.05) is 24.3 Å². The van der Waals surface area contributed by atoms with Crippen molar-refractivity contribution >= 4 is 123 Å². The molecule has 0 unspecified atom stereocenters. The Bertz CT molecular complexity index is 6810. The van der Waals surface area contributed by atoms with Crippen molar-refractivity contribution in [1.82, 2.24) is 39.9 Å². The van der Waals surface area contributed by atoms with Crippen LogP contribution in [0.5, 0.6) is 0 Å². The summed E-state index contributed by atoms with van der Waals surface area (Å²) in [6.45, 7) is 55.4. The third kappa shape index (κ3) is 13.6. The summed E-state index contributed by atoms with van der Waals surface area (Å²) in [7, 11) is 0. The van der Waals surface area contributed by atoms with Gasteiger partial charge in [0.2, 0.25) is 0 Å². The lowest BCUT2D eigenvalue weighted by Gasteiger charge is -2.26. The Kier molecular flexibility index (Phi) is 17.7. The zero-order chi connectivity index (χ0) is 85.1. The molecule has 16 bridgehead atoms. The van der Waals surface area contributed by atoms with Gasteiger partial charge in [-0.25, -0.2) is 19.9 Å². The van der Waals surface area contributed by atoms with E-state index in [1.165, 1.54) is 44.5 Å². The molecule has 8 aromatic heterocycles. The Morgan fingerprint density at radius 2 is 0.475 bits per heavy atom. The molecule has 16 aromatic rings. The van der Waals surface area contributed by atoms with Crippen LogP contribution >= 0.6 is 0 Å². The maximum absolute atomic E-state index is 10.3. The van der Waals surface area contributed by atoms with E-state index in [0.29, 0.717) is 11.1 Å². The Labute approximate surface area is 705 Å². The van der Waals surface area contributed by atoms with Crippen LogP contribution in [0.2, 0.25) is 0 Å². The predicted octanol–water partition coefficient (Wildman–Crippen LogP) is 29.7. The number of nitriles is 2. The van der Waals surface area contributed by atoms with Crippen molar-refractivity contribution in [3.8, 4) is 78.9 Å². The normalized spacial score (nSPS) is 13.4. The van der Waals surface area contributed by atoms with Crippen LogP contribution in [-0.2, 0) is 43.3 Å². The minimum Gasteiger partial charge on any atom is -0.354 e. The van der Waals surface area contributed by atoms with Crippen molar-refractivity contribution < 1.29 is 0 Å². The smallest absolute Gasteiger partial charge is 0.0991 e. The molecular formula is C110H108N10. The van der Waals surface area contributed by atoms with Crippen LogP contribution in [0.4, 0.5) is 0 Å². The largest absolute Gasteiger partial charge is 0.354 e. The molecule has 0 amide bonds. The molecule has 598 valence electrons. The number of nitrogens with one attached hydrogen (secondary N) is 4. The van der Waals surface area contributed by atoms with Crippen LogP contribution in [0, 0.1) is 22.7 Å². The van der Waals surface area contributed by atoms with E-state index in [-0.39, 0.29) is 43.3 Å². The zero-order valence-electron chi connectivity index (χ0n) is 74.2. The second-order valence-electron chi connectivity index (χ2n) is 42.3. The standard InChI is InChI=1S/C110H108N10/c1-103(2,3)67-41-63(42-68(49-67)104(4,5)6)93-83-37-33-79(113-83)91(61-29-25-59(57-111)26-30-61)80-34-38-84(114-80)95(65-45-71(107(13,14)15)51-72(46-65)108(16,17)18)89-55-77-78-56-90-96(66-47-73(109(19,20)21)52-74(48-66)110(22,23)24)86-40-36-82(116-86)92(62-31-27-60(58-112)28-32-62)81-35-39-85(115-81)94(64-43-69(105(7,8)9)50-70(44-64)106(10,11)12)88-54-76-75-53-87(93)117-99(75)97(101(77)119-89)98(100(76)118-88)102(78)120-90/h25-56,113,116,118-119H,1-24H3. The second-order valence-corrected chi connectivity index (χ2v) is 42.3. The fourth-order valence-electron chi connectivity index (χ4n) is 17.9. The number of H-pyrrole nitrogens is 4. The quantitative estimate of drug-likeness (QED) is 0.130. The van der Waals surface area contributed by atoms with Crippen LogP contribution in [-0.4, -0.2) is 39.9 Å². The molecule has 10 nitrogen and oxygen atoms in total.